The first-order chi connectivity index (χ1) is 14.9. The molecule has 0 atom stereocenters. The van der Waals surface area contributed by atoms with E-state index in [9.17, 15) is 4.79 Å². The van der Waals surface area contributed by atoms with Crippen LogP contribution >= 0.6 is 23.1 Å². The molecule has 0 unspecified atom stereocenters. The molecule has 2 aromatic heterocycles. The number of hydrogen-bond acceptors (Lipinski definition) is 6. The maximum Gasteiger partial charge on any atom is 0.256 e. The zero-order valence-corrected chi connectivity index (χ0v) is 19.5. The number of nitrogens with zero attached hydrogens (tertiary/aromatic N) is 3. The van der Waals surface area contributed by atoms with Gasteiger partial charge in [0.05, 0.1) is 17.0 Å². The number of para-hydroxylation sites is 1. The Morgan fingerprint density at radius 3 is 2.71 bits per heavy atom. The lowest BCUT2D eigenvalue weighted by molar-refractivity contribution is 0.102. The van der Waals surface area contributed by atoms with Crippen molar-refractivity contribution in [2.75, 3.05) is 11.9 Å². The van der Waals surface area contributed by atoms with E-state index in [1.54, 1.807) is 16.4 Å². The third kappa shape index (κ3) is 4.75. The predicted octanol–water partition coefficient (Wildman–Crippen LogP) is 5.94. The van der Waals surface area contributed by atoms with Crippen molar-refractivity contribution >= 4 is 45.0 Å². The molecule has 0 saturated heterocycles. The second kappa shape index (κ2) is 9.11. The van der Waals surface area contributed by atoms with E-state index >= 15 is 0 Å². The molecule has 0 aliphatic heterocycles. The van der Waals surface area contributed by atoms with Crippen LogP contribution in [0, 0.1) is 6.92 Å². The molecule has 1 amide bonds. The highest BCUT2D eigenvalue weighted by atomic mass is 32.2. The Kier molecular flexibility index (Phi) is 6.29. The van der Waals surface area contributed by atoms with Crippen LogP contribution in [0.2, 0.25) is 0 Å². The molecule has 2 heterocycles. The molecule has 0 radical (unpaired) electrons. The molecule has 0 bridgehead atoms. The zero-order valence-electron chi connectivity index (χ0n) is 17.9. The SMILES string of the molecule is CCOc1cccc2sc(-n3nc(C)cc3NC(=O)c3ccc(SC(C)C)cc3)nc12. The van der Waals surface area contributed by atoms with E-state index in [1.165, 1.54) is 11.3 Å². The summed E-state index contributed by atoms with van der Waals surface area (Å²) in [6.45, 7) is 8.71. The molecular formula is C23H24N4O2S2. The van der Waals surface area contributed by atoms with Gasteiger partial charge in [-0.25, -0.2) is 4.98 Å². The first-order valence-corrected chi connectivity index (χ1v) is 11.8. The average Bonchev–Trinajstić information content (AvgIpc) is 3.32. The van der Waals surface area contributed by atoms with Crippen LogP contribution < -0.4 is 10.1 Å². The largest absolute Gasteiger partial charge is 0.492 e. The third-order valence-corrected chi connectivity index (χ3v) is 6.43. The highest BCUT2D eigenvalue weighted by molar-refractivity contribution is 7.99. The Hall–Kier alpha value is -2.84. The van der Waals surface area contributed by atoms with E-state index in [4.69, 9.17) is 9.72 Å². The van der Waals surface area contributed by atoms with E-state index in [2.05, 4.69) is 24.3 Å². The van der Waals surface area contributed by atoms with Crippen LogP contribution in [0.25, 0.3) is 15.3 Å². The van der Waals surface area contributed by atoms with Gasteiger partial charge in [0.2, 0.25) is 5.13 Å². The number of aromatic nitrogens is 3. The number of fused-ring (bicyclic) bond motifs is 1. The van der Waals surface area contributed by atoms with Gasteiger partial charge in [0.1, 0.15) is 17.1 Å². The van der Waals surface area contributed by atoms with Crippen LogP contribution in [0.1, 0.15) is 36.8 Å². The van der Waals surface area contributed by atoms with Gasteiger partial charge in [-0.2, -0.15) is 9.78 Å². The minimum atomic E-state index is -0.182. The van der Waals surface area contributed by atoms with Crippen LogP contribution in [-0.4, -0.2) is 32.5 Å². The summed E-state index contributed by atoms with van der Waals surface area (Å²) in [5.74, 6) is 1.15. The van der Waals surface area contributed by atoms with E-state index in [1.807, 2.05) is 62.4 Å². The van der Waals surface area contributed by atoms with Crippen molar-refractivity contribution in [1.82, 2.24) is 14.8 Å². The number of aryl methyl sites for hydroxylation is 1. The summed E-state index contributed by atoms with van der Waals surface area (Å²) in [6, 6.07) is 15.4. The van der Waals surface area contributed by atoms with E-state index < -0.39 is 0 Å². The summed E-state index contributed by atoms with van der Waals surface area (Å²) in [4.78, 5) is 18.7. The highest BCUT2D eigenvalue weighted by Gasteiger charge is 2.17. The number of rotatable bonds is 7. The van der Waals surface area contributed by atoms with Crippen molar-refractivity contribution in [1.29, 1.82) is 0 Å². The summed E-state index contributed by atoms with van der Waals surface area (Å²) in [5, 5.41) is 8.70. The normalized spacial score (nSPS) is 11.3. The number of carbonyl (C=O) groups is 1. The fourth-order valence-electron chi connectivity index (χ4n) is 3.15. The van der Waals surface area contributed by atoms with Crippen LogP contribution in [0.5, 0.6) is 5.75 Å². The first kappa shape index (κ1) is 21.4. The smallest absolute Gasteiger partial charge is 0.256 e. The minimum absolute atomic E-state index is 0.182. The summed E-state index contributed by atoms with van der Waals surface area (Å²) in [6.07, 6.45) is 0. The molecule has 160 valence electrons. The maximum absolute atomic E-state index is 12.9. The van der Waals surface area contributed by atoms with Crippen LogP contribution in [0.4, 0.5) is 5.82 Å². The molecule has 0 spiro atoms. The molecule has 4 rings (SSSR count). The van der Waals surface area contributed by atoms with Crippen molar-refractivity contribution in [2.24, 2.45) is 0 Å². The fraction of sp³-hybridized carbons (Fsp3) is 0.261. The zero-order chi connectivity index (χ0) is 22.0. The minimum Gasteiger partial charge on any atom is -0.492 e. The number of anilines is 1. The van der Waals surface area contributed by atoms with Gasteiger partial charge in [0.25, 0.3) is 5.91 Å². The average molecular weight is 453 g/mol. The molecule has 2 aromatic carbocycles. The fourth-order valence-corrected chi connectivity index (χ4v) is 4.94. The van der Waals surface area contributed by atoms with Gasteiger partial charge in [-0.15, -0.1) is 11.8 Å². The number of amides is 1. The number of benzene rings is 2. The number of thiazole rings is 1. The quantitative estimate of drug-likeness (QED) is 0.351. The molecule has 6 nitrogen and oxygen atoms in total. The molecule has 0 aliphatic carbocycles. The number of nitrogens with one attached hydrogen (secondary N) is 1. The highest BCUT2D eigenvalue weighted by Crippen LogP contribution is 2.33. The van der Waals surface area contributed by atoms with E-state index in [-0.39, 0.29) is 5.91 Å². The van der Waals surface area contributed by atoms with E-state index in [0.29, 0.717) is 28.4 Å². The summed E-state index contributed by atoms with van der Waals surface area (Å²) < 4.78 is 8.38. The molecule has 31 heavy (non-hydrogen) atoms. The molecule has 1 N–H and O–H groups in total. The van der Waals surface area contributed by atoms with Gasteiger partial charge in [0.15, 0.2) is 0 Å². The number of ether oxygens (including phenoxy) is 1. The molecular weight excluding hydrogens is 428 g/mol. The molecule has 0 saturated carbocycles. The van der Waals surface area contributed by atoms with Crippen LogP contribution in [0.3, 0.4) is 0 Å². The topological polar surface area (TPSA) is 69.0 Å². The second-order valence-electron chi connectivity index (χ2n) is 7.26. The van der Waals surface area contributed by atoms with Crippen molar-refractivity contribution in [3.8, 4) is 10.9 Å². The van der Waals surface area contributed by atoms with Gasteiger partial charge in [0, 0.05) is 21.8 Å². The predicted molar refractivity (Wildman–Crippen MR) is 128 cm³/mol. The van der Waals surface area contributed by atoms with Crippen molar-refractivity contribution in [2.45, 2.75) is 37.8 Å². The number of thioether (sulfide) groups is 1. The summed E-state index contributed by atoms with van der Waals surface area (Å²) in [7, 11) is 0. The van der Waals surface area contributed by atoms with Crippen molar-refractivity contribution in [3.63, 3.8) is 0 Å². The summed E-state index contributed by atoms with van der Waals surface area (Å²) >= 11 is 3.27. The van der Waals surface area contributed by atoms with Gasteiger partial charge in [-0.1, -0.05) is 31.3 Å². The lowest BCUT2D eigenvalue weighted by Crippen LogP contribution is -2.15. The standard InChI is InChI=1S/C23H24N4O2S2/c1-5-29-18-7-6-8-19-21(18)25-23(31-19)27-20(13-15(4)26-27)24-22(28)16-9-11-17(12-10-16)30-14(2)3/h6-14H,5H2,1-4H3,(H,24,28). The molecule has 0 aliphatic rings. The van der Waals surface area contributed by atoms with Crippen molar-refractivity contribution < 1.29 is 9.53 Å². The second-order valence-corrected chi connectivity index (χ2v) is 9.92. The molecule has 8 heteroatoms. The Bertz CT molecular complexity index is 1210. The lowest BCUT2D eigenvalue weighted by Gasteiger charge is -2.08. The number of hydrogen-bond donors (Lipinski definition) is 1. The Morgan fingerprint density at radius 1 is 1.23 bits per heavy atom. The van der Waals surface area contributed by atoms with Gasteiger partial charge in [-0.05, 0) is 50.2 Å². The number of carbonyl (C=O) groups excluding carboxylic acids is 1. The van der Waals surface area contributed by atoms with Crippen LogP contribution in [-0.2, 0) is 0 Å². The van der Waals surface area contributed by atoms with Gasteiger partial charge in [-0.3, -0.25) is 4.79 Å². The first-order valence-electron chi connectivity index (χ1n) is 10.1. The molecule has 4 aromatic rings. The van der Waals surface area contributed by atoms with Crippen molar-refractivity contribution in [3.05, 3.63) is 59.8 Å². The third-order valence-electron chi connectivity index (χ3n) is 4.41. The maximum atomic E-state index is 12.9. The van der Waals surface area contributed by atoms with E-state index in [0.717, 1.165) is 26.6 Å². The van der Waals surface area contributed by atoms with Crippen LogP contribution in [0.15, 0.2) is 53.4 Å². The Balaban J connectivity index is 1.61. The Labute approximate surface area is 189 Å². The van der Waals surface area contributed by atoms with Gasteiger partial charge < -0.3 is 10.1 Å². The lowest BCUT2D eigenvalue weighted by atomic mass is 10.2. The van der Waals surface area contributed by atoms with Gasteiger partial charge >= 0.3 is 0 Å². The monoisotopic (exact) mass is 452 g/mol. The Morgan fingerprint density at radius 2 is 2.00 bits per heavy atom. The molecule has 0 fully saturated rings. The summed E-state index contributed by atoms with van der Waals surface area (Å²) in [5.41, 5.74) is 2.19.